The van der Waals surface area contributed by atoms with Gasteiger partial charge in [-0.2, -0.15) is 0 Å². The van der Waals surface area contributed by atoms with E-state index in [9.17, 15) is 9.59 Å². The predicted molar refractivity (Wildman–Crippen MR) is 96.1 cm³/mol. The van der Waals surface area contributed by atoms with Crippen LogP contribution >= 0.6 is 0 Å². The van der Waals surface area contributed by atoms with Gasteiger partial charge in [0.1, 0.15) is 11.9 Å². The van der Waals surface area contributed by atoms with Crippen molar-refractivity contribution in [2.75, 3.05) is 26.0 Å². The molecule has 1 atom stereocenters. The summed E-state index contributed by atoms with van der Waals surface area (Å²) in [7, 11) is 5.36. The average molecular weight is 341 g/mol. The van der Waals surface area contributed by atoms with Gasteiger partial charge >= 0.3 is 6.03 Å². The molecule has 2 aromatic rings. The number of imidazole rings is 1. The Balaban J connectivity index is 1.75. The van der Waals surface area contributed by atoms with Gasteiger partial charge in [0.05, 0.1) is 0 Å². The molecular weight excluding hydrogens is 318 g/mol. The third-order valence-corrected chi connectivity index (χ3v) is 4.43. The molecule has 7 nitrogen and oxygen atoms in total. The SMILES string of the molecule is CN(C)C(=O)C1CCCN1C(=O)Nc1cccc(-c2nccn2C)c1. The Morgan fingerprint density at radius 3 is 2.80 bits per heavy atom. The minimum absolute atomic E-state index is 0.0330. The molecule has 1 N–H and O–H groups in total. The lowest BCUT2D eigenvalue weighted by atomic mass is 10.2. The van der Waals surface area contributed by atoms with Crippen molar-refractivity contribution in [3.05, 3.63) is 36.7 Å². The summed E-state index contributed by atoms with van der Waals surface area (Å²) in [6.45, 7) is 0.592. The zero-order chi connectivity index (χ0) is 18.0. The zero-order valence-corrected chi connectivity index (χ0v) is 14.8. The summed E-state index contributed by atoms with van der Waals surface area (Å²) < 4.78 is 1.92. The summed E-state index contributed by atoms with van der Waals surface area (Å²) in [6.07, 6.45) is 5.16. The van der Waals surface area contributed by atoms with Crippen LogP contribution in [0.5, 0.6) is 0 Å². The van der Waals surface area contributed by atoms with E-state index in [0.29, 0.717) is 18.7 Å². The van der Waals surface area contributed by atoms with Gasteiger partial charge in [0.15, 0.2) is 0 Å². The number of carbonyl (C=O) groups is 2. The minimum Gasteiger partial charge on any atom is -0.347 e. The maximum atomic E-state index is 12.6. The van der Waals surface area contributed by atoms with Crippen molar-refractivity contribution >= 4 is 17.6 Å². The van der Waals surface area contributed by atoms with Crippen molar-refractivity contribution in [2.24, 2.45) is 7.05 Å². The number of benzene rings is 1. The lowest BCUT2D eigenvalue weighted by Gasteiger charge is -2.26. The molecule has 0 bridgehead atoms. The Morgan fingerprint density at radius 1 is 1.32 bits per heavy atom. The van der Waals surface area contributed by atoms with Crippen LogP contribution in [0.25, 0.3) is 11.4 Å². The topological polar surface area (TPSA) is 70.5 Å². The molecule has 132 valence electrons. The largest absolute Gasteiger partial charge is 0.347 e. The molecule has 0 aliphatic carbocycles. The Hall–Kier alpha value is -2.83. The maximum Gasteiger partial charge on any atom is 0.322 e. The number of hydrogen-bond acceptors (Lipinski definition) is 3. The van der Waals surface area contributed by atoms with E-state index in [0.717, 1.165) is 17.8 Å². The highest BCUT2D eigenvalue weighted by molar-refractivity contribution is 5.94. The summed E-state index contributed by atoms with van der Waals surface area (Å²) in [6, 6.07) is 6.93. The van der Waals surface area contributed by atoms with Crippen LogP contribution in [0, 0.1) is 0 Å². The highest BCUT2D eigenvalue weighted by Gasteiger charge is 2.34. The molecule has 1 aliphatic rings. The van der Waals surface area contributed by atoms with Crippen molar-refractivity contribution in [3.8, 4) is 11.4 Å². The molecule has 1 aromatic carbocycles. The number of rotatable bonds is 3. The number of aromatic nitrogens is 2. The number of hydrogen-bond donors (Lipinski definition) is 1. The molecule has 1 fully saturated rings. The lowest BCUT2D eigenvalue weighted by Crippen LogP contribution is -2.47. The number of amides is 3. The summed E-state index contributed by atoms with van der Waals surface area (Å²) in [5, 5.41) is 2.91. The van der Waals surface area contributed by atoms with Crippen LogP contribution in [0.4, 0.5) is 10.5 Å². The molecule has 0 saturated carbocycles. The van der Waals surface area contributed by atoms with Crippen LogP contribution in [0.15, 0.2) is 36.7 Å². The fourth-order valence-electron chi connectivity index (χ4n) is 3.14. The number of urea groups is 1. The normalized spacial score (nSPS) is 16.8. The Kier molecular flexibility index (Phi) is 4.74. The van der Waals surface area contributed by atoms with E-state index in [1.54, 1.807) is 25.2 Å². The van der Waals surface area contributed by atoms with E-state index in [1.165, 1.54) is 4.90 Å². The molecule has 0 spiro atoms. The standard InChI is InChI=1S/C18H23N5O2/c1-21(2)17(24)15-8-5-10-23(15)18(25)20-14-7-4-6-13(12-14)16-19-9-11-22(16)3/h4,6-7,9,11-12,15H,5,8,10H2,1-3H3,(H,20,25). The van der Waals surface area contributed by atoms with Gasteiger partial charge in [-0.05, 0) is 25.0 Å². The Morgan fingerprint density at radius 2 is 2.12 bits per heavy atom. The van der Waals surface area contributed by atoms with Gasteiger partial charge in [0, 0.05) is 51.3 Å². The van der Waals surface area contributed by atoms with Gasteiger partial charge in [-0.3, -0.25) is 4.79 Å². The molecule has 25 heavy (non-hydrogen) atoms. The highest BCUT2D eigenvalue weighted by Crippen LogP contribution is 2.23. The molecule has 3 rings (SSSR count). The van der Waals surface area contributed by atoms with E-state index in [4.69, 9.17) is 0 Å². The van der Waals surface area contributed by atoms with Crippen LogP contribution in [-0.2, 0) is 11.8 Å². The van der Waals surface area contributed by atoms with Gasteiger partial charge in [0.2, 0.25) is 5.91 Å². The summed E-state index contributed by atoms with van der Waals surface area (Å²) in [5.74, 6) is 0.798. The second kappa shape index (κ2) is 6.96. The number of aryl methyl sites for hydroxylation is 1. The first-order valence-electron chi connectivity index (χ1n) is 8.34. The Labute approximate surface area is 147 Å². The number of anilines is 1. The summed E-state index contributed by atoms with van der Waals surface area (Å²) in [5.41, 5.74) is 1.61. The van der Waals surface area contributed by atoms with Gasteiger partial charge < -0.3 is 19.7 Å². The van der Waals surface area contributed by atoms with E-state index in [1.807, 2.05) is 42.1 Å². The van der Waals surface area contributed by atoms with Gasteiger partial charge in [0.25, 0.3) is 0 Å². The molecule has 0 radical (unpaired) electrons. The summed E-state index contributed by atoms with van der Waals surface area (Å²) in [4.78, 5) is 32.4. The van der Waals surface area contributed by atoms with Crippen molar-refractivity contribution in [1.82, 2.24) is 19.4 Å². The number of likely N-dealkylation sites (N-methyl/N-ethyl adjacent to an activating group) is 1. The molecule has 1 aliphatic heterocycles. The molecule has 2 heterocycles. The predicted octanol–water partition coefficient (Wildman–Crippen LogP) is 2.17. The first-order valence-corrected chi connectivity index (χ1v) is 8.34. The van der Waals surface area contributed by atoms with Crippen molar-refractivity contribution in [2.45, 2.75) is 18.9 Å². The first-order chi connectivity index (χ1) is 12.0. The molecule has 1 unspecified atom stereocenters. The van der Waals surface area contributed by atoms with E-state index < -0.39 is 0 Å². The molecule has 3 amide bonds. The third-order valence-electron chi connectivity index (χ3n) is 4.43. The second-order valence-electron chi connectivity index (χ2n) is 6.46. The molecular formula is C18H23N5O2. The second-order valence-corrected chi connectivity index (χ2v) is 6.46. The zero-order valence-electron chi connectivity index (χ0n) is 14.8. The fourth-order valence-corrected chi connectivity index (χ4v) is 3.14. The first kappa shape index (κ1) is 17.0. The van der Waals surface area contributed by atoms with Crippen LogP contribution in [0.2, 0.25) is 0 Å². The number of likely N-dealkylation sites (tertiary alicyclic amines) is 1. The minimum atomic E-state index is -0.382. The highest BCUT2D eigenvalue weighted by atomic mass is 16.2. The van der Waals surface area contributed by atoms with E-state index in [2.05, 4.69) is 10.3 Å². The molecule has 1 saturated heterocycles. The van der Waals surface area contributed by atoms with Gasteiger partial charge in [-0.15, -0.1) is 0 Å². The summed E-state index contributed by atoms with van der Waals surface area (Å²) >= 11 is 0. The Bertz CT molecular complexity index is 783. The van der Waals surface area contributed by atoms with Crippen LogP contribution < -0.4 is 5.32 Å². The van der Waals surface area contributed by atoms with Crippen molar-refractivity contribution in [3.63, 3.8) is 0 Å². The number of nitrogens with one attached hydrogen (secondary N) is 1. The van der Waals surface area contributed by atoms with Crippen LogP contribution in [0.1, 0.15) is 12.8 Å². The maximum absolute atomic E-state index is 12.6. The third kappa shape index (κ3) is 3.50. The van der Waals surface area contributed by atoms with E-state index in [-0.39, 0.29) is 18.0 Å². The lowest BCUT2D eigenvalue weighted by molar-refractivity contribution is -0.132. The van der Waals surface area contributed by atoms with Crippen LogP contribution in [0.3, 0.4) is 0 Å². The molecule has 7 heteroatoms. The van der Waals surface area contributed by atoms with Crippen molar-refractivity contribution < 1.29 is 9.59 Å². The molecule has 1 aromatic heterocycles. The fraction of sp³-hybridized carbons (Fsp3) is 0.389. The van der Waals surface area contributed by atoms with Gasteiger partial charge in [-0.25, -0.2) is 9.78 Å². The number of carbonyl (C=O) groups excluding carboxylic acids is 2. The smallest absolute Gasteiger partial charge is 0.322 e. The number of nitrogens with zero attached hydrogens (tertiary/aromatic N) is 4. The van der Waals surface area contributed by atoms with Crippen molar-refractivity contribution in [1.29, 1.82) is 0 Å². The van der Waals surface area contributed by atoms with Gasteiger partial charge in [-0.1, -0.05) is 12.1 Å². The van der Waals surface area contributed by atoms with E-state index >= 15 is 0 Å². The monoisotopic (exact) mass is 341 g/mol. The van der Waals surface area contributed by atoms with Crippen LogP contribution in [-0.4, -0.2) is 58.0 Å². The average Bonchev–Trinajstić information content (AvgIpc) is 3.23. The quantitative estimate of drug-likeness (QED) is 0.930.